The molecule has 29 heavy (non-hydrogen) atoms. The number of rotatable bonds is 2. The lowest BCUT2D eigenvalue weighted by atomic mass is 9.93. The predicted molar refractivity (Wildman–Crippen MR) is 94.1 cm³/mol. The van der Waals surface area contributed by atoms with Gasteiger partial charge in [0, 0.05) is 48.4 Å². The number of fused-ring (bicyclic) bond motifs is 2. The molecule has 0 saturated heterocycles. The Kier molecular flexibility index (Phi) is 4.41. The number of nitrogens with zero attached hydrogens (tertiary/aromatic N) is 4. The second kappa shape index (κ2) is 6.58. The molecule has 1 aliphatic rings. The van der Waals surface area contributed by atoms with E-state index < -0.39 is 23.4 Å². The number of aromatic nitrogens is 3. The highest BCUT2D eigenvalue weighted by molar-refractivity contribution is 5.89. The van der Waals surface area contributed by atoms with E-state index in [2.05, 4.69) is 15.0 Å². The fraction of sp³-hybridized carbons (Fsp3) is 0.316. The second-order valence-corrected chi connectivity index (χ2v) is 7.05. The van der Waals surface area contributed by atoms with Crippen LogP contribution < -0.4 is 4.90 Å². The lowest BCUT2D eigenvalue weighted by Gasteiger charge is -2.32. The predicted octanol–water partition coefficient (Wildman–Crippen LogP) is 3.64. The van der Waals surface area contributed by atoms with E-state index in [0.29, 0.717) is 42.4 Å². The Hall–Kier alpha value is -2.88. The molecule has 0 saturated carbocycles. The third-order valence-corrected chi connectivity index (χ3v) is 5.11. The van der Waals surface area contributed by atoms with Gasteiger partial charge in [-0.1, -0.05) is 0 Å². The molecule has 4 rings (SSSR count). The molecular formula is C19H15F5N4O. The third kappa shape index (κ3) is 3.27. The molecule has 1 atom stereocenters. The van der Waals surface area contributed by atoms with Gasteiger partial charge in [-0.3, -0.25) is 4.98 Å². The molecule has 3 heterocycles. The van der Waals surface area contributed by atoms with Gasteiger partial charge in [0.05, 0.1) is 5.52 Å². The summed E-state index contributed by atoms with van der Waals surface area (Å²) in [5, 5.41) is 10.2. The monoisotopic (exact) mass is 410 g/mol. The van der Waals surface area contributed by atoms with Crippen molar-refractivity contribution in [3.8, 4) is 0 Å². The SMILES string of the molecule is CC(O)(c1cnc2c(c1)CN(c1ncnc3cc(F)c(F)cc13)CC2)C(F)(F)F. The molecule has 2 aromatic heterocycles. The quantitative estimate of drug-likeness (QED) is 0.654. The van der Waals surface area contributed by atoms with E-state index in [4.69, 9.17) is 0 Å². The van der Waals surface area contributed by atoms with E-state index in [9.17, 15) is 27.1 Å². The maximum absolute atomic E-state index is 13.7. The van der Waals surface area contributed by atoms with Gasteiger partial charge in [0.1, 0.15) is 12.1 Å². The van der Waals surface area contributed by atoms with E-state index >= 15 is 0 Å². The zero-order chi connectivity index (χ0) is 21.0. The molecule has 1 unspecified atom stereocenters. The van der Waals surface area contributed by atoms with Gasteiger partial charge in [0.25, 0.3) is 0 Å². The fourth-order valence-corrected chi connectivity index (χ4v) is 3.33. The van der Waals surface area contributed by atoms with Gasteiger partial charge in [0.15, 0.2) is 17.2 Å². The van der Waals surface area contributed by atoms with E-state index in [0.717, 1.165) is 18.3 Å². The normalized spacial score (nSPS) is 16.6. The molecule has 1 N–H and O–H groups in total. The van der Waals surface area contributed by atoms with Crippen LogP contribution in [0.1, 0.15) is 23.7 Å². The first-order chi connectivity index (χ1) is 13.6. The van der Waals surface area contributed by atoms with Crippen LogP contribution in [0.5, 0.6) is 0 Å². The van der Waals surface area contributed by atoms with Crippen LogP contribution in [0.15, 0.2) is 30.7 Å². The number of pyridine rings is 1. The number of aliphatic hydroxyl groups is 1. The molecule has 3 aromatic rings. The zero-order valence-corrected chi connectivity index (χ0v) is 15.1. The minimum absolute atomic E-state index is 0.148. The third-order valence-electron chi connectivity index (χ3n) is 5.11. The summed E-state index contributed by atoms with van der Waals surface area (Å²) in [6.07, 6.45) is -2.20. The first-order valence-electron chi connectivity index (χ1n) is 8.70. The molecule has 152 valence electrons. The van der Waals surface area contributed by atoms with Gasteiger partial charge in [0.2, 0.25) is 0 Å². The van der Waals surface area contributed by atoms with Crippen molar-refractivity contribution in [2.45, 2.75) is 31.7 Å². The molecule has 10 heteroatoms. The number of benzene rings is 1. The molecule has 0 fully saturated rings. The minimum Gasteiger partial charge on any atom is -0.376 e. The minimum atomic E-state index is -4.86. The van der Waals surface area contributed by atoms with Gasteiger partial charge < -0.3 is 10.0 Å². The summed E-state index contributed by atoms with van der Waals surface area (Å²) in [5.74, 6) is -1.74. The van der Waals surface area contributed by atoms with E-state index in [1.807, 2.05) is 0 Å². The van der Waals surface area contributed by atoms with Crippen LogP contribution in [-0.2, 0) is 18.6 Å². The Morgan fingerprint density at radius 2 is 1.76 bits per heavy atom. The van der Waals surface area contributed by atoms with Crippen molar-refractivity contribution in [2.75, 3.05) is 11.4 Å². The Balaban J connectivity index is 1.73. The molecule has 0 bridgehead atoms. The van der Waals surface area contributed by atoms with E-state index in [-0.39, 0.29) is 17.6 Å². The summed E-state index contributed by atoms with van der Waals surface area (Å²) in [4.78, 5) is 13.9. The molecule has 1 aliphatic heterocycles. The van der Waals surface area contributed by atoms with E-state index in [1.165, 1.54) is 12.4 Å². The van der Waals surface area contributed by atoms with Gasteiger partial charge >= 0.3 is 6.18 Å². The van der Waals surface area contributed by atoms with Crippen molar-refractivity contribution < 1.29 is 27.1 Å². The summed E-state index contributed by atoms with van der Waals surface area (Å²) in [6.45, 7) is 1.25. The lowest BCUT2D eigenvalue weighted by molar-refractivity contribution is -0.259. The maximum atomic E-state index is 13.7. The van der Waals surface area contributed by atoms with Crippen molar-refractivity contribution >= 4 is 16.7 Å². The molecule has 0 radical (unpaired) electrons. The molecule has 5 nitrogen and oxygen atoms in total. The summed E-state index contributed by atoms with van der Waals surface area (Å²) in [5.41, 5.74) is -2.09. The van der Waals surface area contributed by atoms with Crippen LogP contribution in [0.3, 0.4) is 0 Å². The zero-order valence-electron chi connectivity index (χ0n) is 15.1. The number of hydrogen-bond donors (Lipinski definition) is 1. The number of alkyl halides is 3. The average Bonchev–Trinajstić information content (AvgIpc) is 2.66. The van der Waals surface area contributed by atoms with Crippen LogP contribution in [-0.4, -0.2) is 32.8 Å². The molecule has 1 aromatic carbocycles. The first kappa shape index (κ1) is 19.4. The van der Waals surface area contributed by atoms with Crippen LogP contribution in [0, 0.1) is 11.6 Å². The lowest BCUT2D eigenvalue weighted by Crippen LogP contribution is -2.40. The summed E-state index contributed by atoms with van der Waals surface area (Å²) >= 11 is 0. The van der Waals surface area contributed by atoms with Gasteiger partial charge in [-0.2, -0.15) is 13.2 Å². The summed E-state index contributed by atoms with van der Waals surface area (Å²) < 4.78 is 66.7. The highest BCUT2D eigenvalue weighted by atomic mass is 19.4. The highest BCUT2D eigenvalue weighted by Gasteiger charge is 2.51. The highest BCUT2D eigenvalue weighted by Crippen LogP contribution is 2.39. The van der Waals surface area contributed by atoms with Crippen LogP contribution >= 0.6 is 0 Å². The molecular weight excluding hydrogens is 395 g/mol. The number of halogens is 5. The van der Waals surface area contributed by atoms with Crippen LogP contribution in [0.25, 0.3) is 10.9 Å². The standard InChI is InChI=1S/C19H15F5N4O/c1-18(29,19(22,23)24)11-4-10-8-28(3-2-15(10)25-7-11)17-12-5-13(20)14(21)6-16(12)26-9-27-17/h4-7,9,29H,2-3,8H2,1H3. The summed E-state index contributed by atoms with van der Waals surface area (Å²) in [7, 11) is 0. The second-order valence-electron chi connectivity index (χ2n) is 7.05. The Labute approximate surface area is 161 Å². The van der Waals surface area contributed by atoms with Crippen molar-refractivity contribution in [1.82, 2.24) is 15.0 Å². The first-order valence-corrected chi connectivity index (χ1v) is 8.70. The Morgan fingerprint density at radius 3 is 2.48 bits per heavy atom. The average molecular weight is 410 g/mol. The van der Waals surface area contributed by atoms with Gasteiger partial charge in [-0.15, -0.1) is 0 Å². The topological polar surface area (TPSA) is 62.1 Å². The fourth-order valence-electron chi connectivity index (χ4n) is 3.33. The Bertz CT molecular complexity index is 1100. The van der Waals surface area contributed by atoms with Gasteiger partial charge in [-0.05, 0) is 24.6 Å². The largest absolute Gasteiger partial charge is 0.421 e. The van der Waals surface area contributed by atoms with Crippen molar-refractivity contribution in [2.24, 2.45) is 0 Å². The molecule has 0 spiro atoms. The molecule has 0 aliphatic carbocycles. The number of anilines is 1. The number of hydrogen-bond acceptors (Lipinski definition) is 5. The smallest absolute Gasteiger partial charge is 0.376 e. The van der Waals surface area contributed by atoms with Crippen molar-refractivity contribution in [3.05, 3.63) is 59.2 Å². The van der Waals surface area contributed by atoms with E-state index in [1.54, 1.807) is 4.90 Å². The molecule has 0 amide bonds. The van der Waals surface area contributed by atoms with Crippen LogP contribution in [0.4, 0.5) is 27.8 Å². The maximum Gasteiger partial charge on any atom is 0.421 e. The van der Waals surface area contributed by atoms with Crippen molar-refractivity contribution in [1.29, 1.82) is 0 Å². The van der Waals surface area contributed by atoms with Gasteiger partial charge in [-0.25, -0.2) is 18.7 Å². The summed E-state index contributed by atoms with van der Waals surface area (Å²) in [6, 6.07) is 3.23. The van der Waals surface area contributed by atoms with Crippen molar-refractivity contribution in [3.63, 3.8) is 0 Å². The Morgan fingerprint density at radius 1 is 1.03 bits per heavy atom. The van der Waals surface area contributed by atoms with Crippen LogP contribution in [0.2, 0.25) is 0 Å².